The quantitative estimate of drug-likeness (QED) is 0.611. The highest BCUT2D eigenvalue weighted by molar-refractivity contribution is 5.74. The molecule has 0 aliphatic carbocycles. The van der Waals surface area contributed by atoms with Crippen molar-refractivity contribution < 1.29 is 26.3 Å². The van der Waals surface area contributed by atoms with Gasteiger partial charge < -0.3 is 5.32 Å². The fourth-order valence-electron chi connectivity index (χ4n) is 2.56. The third-order valence-corrected chi connectivity index (χ3v) is 3.92. The summed E-state index contributed by atoms with van der Waals surface area (Å²) < 4.78 is 80.5. The Balaban J connectivity index is 2.78. The molecule has 25 heavy (non-hydrogen) atoms. The van der Waals surface area contributed by atoms with E-state index >= 15 is 0 Å². The largest absolute Gasteiger partial charge is 0.417 e. The number of hydrogen-bond donors (Lipinski definition) is 1. The fourth-order valence-corrected chi connectivity index (χ4v) is 2.56. The first-order valence-electron chi connectivity index (χ1n) is 7.55. The second-order valence-electron chi connectivity index (χ2n) is 5.97. The molecule has 2 aromatic rings. The first-order chi connectivity index (χ1) is 11.4. The number of halogens is 6. The molecule has 1 N–H and O–H groups in total. The highest BCUT2D eigenvalue weighted by atomic mass is 19.4. The molecule has 136 valence electrons. The molecule has 1 nitrogen and oxygen atoms in total. The van der Waals surface area contributed by atoms with Gasteiger partial charge >= 0.3 is 12.4 Å². The van der Waals surface area contributed by atoms with Gasteiger partial charge in [0.15, 0.2) is 0 Å². The van der Waals surface area contributed by atoms with E-state index in [4.69, 9.17) is 0 Å². The lowest BCUT2D eigenvalue weighted by atomic mass is 9.90. The zero-order valence-electron chi connectivity index (χ0n) is 13.8. The molecule has 0 fully saturated rings. The van der Waals surface area contributed by atoms with Crippen LogP contribution in [0.15, 0.2) is 36.4 Å². The Hall–Kier alpha value is -2.18. The lowest BCUT2D eigenvalue weighted by Gasteiger charge is -2.20. The second-order valence-corrected chi connectivity index (χ2v) is 5.97. The summed E-state index contributed by atoms with van der Waals surface area (Å²) in [6.07, 6.45) is -9.54. The van der Waals surface area contributed by atoms with Crippen molar-refractivity contribution in [3.8, 4) is 11.1 Å². The van der Waals surface area contributed by atoms with Crippen molar-refractivity contribution in [2.45, 2.75) is 32.1 Å². The van der Waals surface area contributed by atoms with Crippen LogP contribution in [0.25, 0.3) is 11.1 Å². The highest BCUT2D eigenvalue weighted by Crippen LogP contribution is 2.44. The number of rotatable bonds is 3. The van der Waals surface area contributed by atoms with Gasteiger partial charge in [0.2, 0.25) is 0 Å². The molecule has 0 saturated carbocycles. The van der Waals surface area contributed by atoms with Crippen LogP contribution in [0.1, 0.15) is 36.5 Å². The van der Waals surface area contributed by atoms with E-state index in [1.165, 1.54) is 19.2 Å². The average Bonchev–Trinajstić information content (AvgIpc) is 2.52. The normalized spacial score (nSPS) is 12.6. The van der Waals surface area contributed by atoms with Crippen LogP contribution < -0.4 is 5.32 Å². The van der Waals surface area contributed by atoms with Gasteiger partial charge in [-0.05, 0) is 40.8 Å². The molecule has 7 heteroatoms. The molecular weight excluding hydrogens is 344 g/mol. The van der Waals surface area contributed by atoms with Crippen molar-refractivity contribution in [3.63, 3.8) is 0 Å². The monoisotopic (exact) mass is 361 g/mol. The van der Waals surface area contributed by atoms with E-state index in [0.29, 0.717) is 5.56 Å². The summed E-state index contributed by atoms with van der Waals surface area (Å²) in [5.74, 6) is -0.177. The van der Waals surface area contributed by atoms with Crippen LogP contribution in [0.2, 0.25) is 0 Å². The van der Waals surface area contributed by atoms with Gasteiger partial charge in [-0.15, -0.1) is 0 Å². The minimum atomic E-state index is -4.78. The second kappa shape index (κ2) is 6.61. The summed E-state index contributed by atoms with van der Waals surface area (Å²) in [6.45, 7) is 3.44. The lowest BCUT2D eigenvalue weighted by Crippen LogP contribution is -2.12. The molecule has 0 heterocycles. The molecule has 2 rings (SSSR count). The molecule has 0 bridgehead atoms. The molecule has 0 aliphatic rings. The van der Waals surface area contributed by atoms with Gasteiger partial charge in [-0.25, -0.2) is 0 Å². The van der Waals surface area contributed by atoms with Gasteiger partial charge in [0, 0.05) is 12.7 Å². The van der Waals surface area contributed by atoms with Crippen molar-refractivity contribution in [1.29, 1.82) is 0 Å². The smallest absolute Gasteiger partial charge is 0.388 e. The predicted octanol–water partition coefficient (Wildman–Crippen LogP) is 6.56. The minimum absolute atomic E-state index is 0.170. The Morgan fingerprint density at radius 2 is 1.24 bits per heavy atom. The Bertz CT molecular complexity index is 759. The first-order valence-corrected chi connectivity index (χ1v) is 7.55. The molecule has 0 atom stereocenters. The molecule has 0 saturated heterocycles. The molecule has 0 aromatic heterocycles. The molecule has 0 radical (unpaired) electrons. The number of nitrogens with one attached hydrogen (secondary N) is 1. The van der Waals surface area contributed by atoms with Crippen molar-refractivity contribution in [1.82, 2.24) is 0 Å². The maximum Gasteiger partial charge on any atom is 0.417 e. The van der Waals surface area contributed by atoms with Crippen LogP contribution in [0.4, 0.5) is 32.0 Å². The van der Waals surface area contributed by atoms with Gasteiger partial charge in [0.1, 0.15) is 0 Å². The highest BCUT2D eigenvalue weighted by Gasteiger charge is 2.38. The van der Waals surface area contributed by atoms with E-state index in [9.17, 15) is 26.3 Å². The summed E-state index contributed by atoms with van der Waals surface area (Å²) in [5, 5.41) is 2.56. The average molecular weight is 361 g/mol. The third-order valence-electron chi connectivity index (χ3n) is 3.92. The minimum Gasteiger partial charge on any atom is -0.388 e. The number of alkyl halides is 6. The summed E-state index contributed by atoms with van der Waals surface area (Å²) in [5.41, 5.74) is -2.57. The van der Waals surface area contributed by atoms with E-state index in [0.717, 1.165) is 24.3 Å². The van der Waals surface area contributed by atoms with Crippen molar-refractivity contribution >= 4 is 5.69 Å². The number of hydrogen-bond acceptors (Lipinski definition) is 1. The topological polar surface area (TPSA) is 12.0 Å². The Morgan fingerprint density at radius 1 is 0.760 bits per heavy atom. The first kappa shape index (κ1) is 19.1. The van der Waals surface area contributed by atoms with Crippen LogP contribution in [0.5, 0.6) is 0 Å². The molecule has 0 aliphatic heterocycles. The Kier molecular flexibility index (Phi) is 5.06. The maximum absolute atomic E-state index is 13.5. The van der Waals surface area contributed by atoms with E-state index in [2.05, 4.69) is 5.32 Å². The maximum atomic E-state index is 13.5. The van der Waals surface area contributed by atoms with Crippen LogP contribution in [-0.4, -0.2) is 7.05 Å². The van der Waals surface area contributed by atoms with Crippen LogP contribution in [0.3, 0.4) is 0 Å². The Morgan fingerprint density at radius 3 is 1.68 bits per heavy atom. The number of anilines is 1. The van der Waals surface area contributed by atoms with Gasteiger partial charge in [-0.2, -0.15) is 26.3 Å². The van der Waals surface area contributed by atoms with Crippen molar-refractivity contribution in [2.75, 3.05) is 12.4 Å². The number of benzene rings is 2. The van der Waals surface area contributed by atoms with Gasteiger partial charge in [-0.3, -0.25) is 0 Å². The summed E-state index contributed by atoms with van der Waals surface area (Å²) in [4.78, 5) is 0. The molecular formula is C18H17F6N. The summed E-state index contributed by atoms with van der Waals surface area (Å²) in [6, 6.07) is 6.66. The fraction of sp³-hybridized carbons (Fsp3) is 0.333. The zero-order chi connectivity index (χ0) is 19.0. The lowest BCUT2D eigenvalue weighted by molar-refractivity contribution is -0.139. The van der Waals surface area contributed by atoms with Gasteiger partial charge in [0.05, 0.1) is 11.1 Å². The van der Waals surface area contributed by atoms with E-state index in [1.54, 1.807) is 13.8 Å². The van der Waals surface area contributed by atoms with E-state index in [-0.39, 0.29) is 11.6 Å². The van der Waals surface area contributed by atoms with Gasteiger partial charge in [0.25, 0.3) is 0 Å². The Labute approximate surface area is 141 Å². The molecule has 0 amide bonds. The third kappa shape index (κ3) is 4.08. The van der Waals surface area contributed by atoms with E-state index < -0.39 is 34.6 Å². The van der Waals surface area contributed by atoms with Crippen LogP contribution in [-0.2, 0) is 12.4 Å². The molecule has 0 spiro atoms. The molecule has 2 aromatic carbocycles. The van der Waals surface area contributed by atoms with Crippen molar-refractivity contribution in [2.24, 2.45) is 0 Å². The summed E-state index contributed by atoms with van der Waals surface area (Å²) in [7, 11) is 1.44. The summed E-state index contributed by atoms with van der Waals surface area (Å²) >= 11 is 0. The van der Waals surface area contributed by atoms with Gasteiger partial charge in [-0.1, -0.05) is 32.0 Å². The standard InChI is InChI=1S/C18H17F6N/c1-10(2)11-4-6-13(15(8-11)17(19,20)21)14-7-5-12(25-3)9-16(14)18(22,23)24/h4-10,25H,1-3H3. The van der Waals surface area contributed by atoms with Crippen LogP contribution >= 0.6 is 0 Å². The van der Waals surface area contributed by atoms with Crippen LogP contribution in [0, 0.1) is 0 Å². The van der Waals surface area contributed by atoms with E-state index in [1.807, 2.05) is 0 Å². The SMILES string of the molecule is CNc1ccc(-c2ccc(C(C)C)cc2C(F)(F)F)c(C(F)(F)F)c1. The predicted molar refractivity (Wildman–Crippen MR) is 85.5 cm³/mol. The zero-order valence-corrected chi connectivity index (χ0v) is 13.8. The van der Waals surface area contributed by atoms with Crippen molar-refractivity contribution in [3.05, 3.63) is 53.1 Å². The molecule has 0 unspecified atom stereocenters.